The van der Waals surface area contributed by atoms with E-state index in [0.29, 0.717) is 24.4 Å². The van der Waals surface area contributed by atoms with Crippen molar-refractivity contribution in [1.82, 2.24) is 14.8 Å². The Morgan fingerprint density at radius 1 is 1.15 bits per heavy atom. The van der Waals surface area contributed by atoms with Crippen molar-refractivity contribution in [3.8, 4) is 0 Å². The minimum absolute atomic E-state index is 0.162. The second-order valence-corrected chi connectivity index (χ2v) is 8.65. The lowest BCUT2D eigenvalue weighted by atomic mass is 9.83. The van der Waals surface area contributed by atoms with E-state index in [9.17, 15) is 4.79 Å². The third kappa shape index (κ3) is 3.91. The van der Waals surface area contributed by atoms with Gasteiger partial charge in [0.25, 0.3) is 0 Å². The lowest BCUT2D eigenvalue weighted by Gasteiger charge is -2.44. The Balaban J connectivity index is 1.40. The summed E-state index contributed by atoms with van der Waals surface area (Å²) in [4.78, 5) is 15.4. The van der Waals surface area contributed by atoms with Crippen LogP contribution in [0.2, 0.25) is 0 Å². The van der Waals surface area contributed by atoms with Gasteiger partial charge in [-0.15, -0.1) is 0 Å². The first kappa shape index (κ1) is 18.5. The van der Waals surface area contributed by atoms with Crippen LogP contribution in [-0.4, -0.2) is 41.1 Å². The Morgan fingerprint density at radius 2 is 1.96 bits per heavy atom. The van der Waals surface area contributed by atoms with E-state index in [1.807, 2.05) is 0 Å². The van der Waals surface area contributed by atoms with Crippen molar-refractivity contribution in [2.24, 2.45) is 5.92 Å². The van der Waals surface area contributed by atoms with Gasteiger partial charge in [-0.3, -0.25) is 4.79 Å². The second kappa shape index (κ2) is 8.05. The molecule has 1 N–H and O–H groups in total. The summed E-state index contributed by atoms with van der Waals surface area (Å²) >= 11 is 0. The topological polar surface area (TPSA) is 37.3 Å². The van der Waals surface area contributed by atoms with Gasteiger partial charge in [-0.1, -0.05) is 24.6 Å². The number of carbonyl (C=O) groups is 1. The molecule has 0 unspecified atom stereocenters. The third-order valence-corrected chi connectivity index (χ3v) is 6.52. The summed E-state index contributed by atoms with van der Waals surface area (Å²) in [6.07, 6.45) is 9.17. The van der Waals surface area contributed by atoms with Crippen LogP contribution in [0, 0.1) is 5.92 Å². The summed E-state index contributed by atoms with van der Waals surface area (Å²) in [5.41, 5.74) is 2.36. The zero-order valence-electron chi connectivity index (χ0n) is 16.8. The monoisotopic (exact) mass is 367 g/mol. The van der Waals surface area contributed by atoms with Gasteiger partial charge in [-0.05, 0) is 70.2 Å². The largest absolute Gasteiger partial charge is 0.355 e. The standard InChI is InChI=1S/C23H33N3O/c1-17(2)26-16-19(20-9-3-4-11-22(20)26)14-23(27)24-15-18-8-7-13-25-12-6-5-10-21(18)25/h3-4,9,11,16-18,21H,5-8,10,12-15H2,1-2H3,(H,24,27)/t18-,21-/m1/s1. The number of hydrogen-bond donors (Lipinski definition) is 1. The van der Waals surface area contributed by atoms with E-state index in [1.165, 1.54) is 56.1 Å². The van der Waals surface area contributed by atoms with Gasteiger partial charge in [-0.2, -0.15) is 0 Å². The molecule has 0 saturated carbocycles. The summed E-state index contributed by atoms with van der Waals surface area (Å²) in [5, 5.41) is 4.47. The number of amides is 1. The van der Waals surface area contributed by atoms with Crippen molar-refractivity contribution in [1.29, 1.82) is 0 Å². The Kier molecular flexibility index (Phi) is 5.53. The van der Waals surface area contributed by atoms with Crippen molar-refractivity contribution in [3.63, 3.8) is 0 Å². The van der Waals surface area contributed by atoms with E-state index in [-0.39, 0.29) is 5.91 Å². The van der Waals surface area contributed by atoms with E-state index in [1.54, 1.807) is 0 Å². The summed E-state index contributed by atoms with van der Waals surface area (Å²) in [7, 11) is 0. The molecule has 4 nitrogen and oxygen atoms in total. The minimum Gasteiger partial charge on any atom is -0.355 e. The highest BCUT2D eigenvalue weighted by Crippen LogP contribution is 2.30. The third-order valence-electron chi connectivity index (χ3n) is 6.52. The maximum atomic E-state index is 12.7. The summed E-state index contributed by atoms with van der Waals surface area (Å²) in [6.45, 7) is 7.72. The number of aromatic nitrogens is 1. The lowest BCUT2D eigenvalue weighted by molar-refractivity contribution is -0.120. The molecule has 27 heavy (non-hydrogen) atoms. The van der Waals surface area contributed by atoms with Crippen LogP contribution in [0.5, 0.6) is 0 Å². The van der Waals surface area contributed by atoms with Gasteiger partial charge in [-0.25, -0.2) is 0 Å². The van der Waals surface area contributed by atoms with Gasteiger partial charge < -0.3 is 14.8 Å². The van der Waals surface area contributed by atoms with Crippen LogP contribution in [0.1, 0.15) is 57.6 Å². The highest BCUT2D eigenvalue weighted by atomic mass is 16.1. The van der Waals surface area contributed by atoms with Gasteiger partial charge in [0.05, 0.1) is 6.42 Å². The summed E-state index contributed by atoms with van der Waals surface area (Å²) < 4.78 is 2.28. The second-order valence-electron chi connectivity index (χ2n) is 8.65. The smallest absolute Gasteiger partial charge is 0.224 e. The SMILES string of the molecule is CC(C)n1cc(CC(=O)NC[C@H]2CCCN3CCCC[C@H]23)c2ccccc21. The van der Waals surface area contributed by atoms with E-state index in [0.717, 1.165) is 12.1 Å². The molecule has 2 saturated heterocycles. The predicted octanol–water partition coefficient (Wildman–Crippen LogP) is 4.15. The molecule has 4 rings (SSSR count). The van der Waals surface area contributed by atoms with Gasteiger partial charge in [0.1, 0.15) is 0 Å². The number of rotatable bonds is 5. The molecule has 3 heterocycles. The summed E-state index contributed by atoms with van der Waals surface area (Å²) in [6, 6.07) is 9.51. The number of piperidine rings is 2. The van der Waals surface area contributed by atoms with Crippen LogP contribution in [0.4, 0.5) is 0 Å². The maximum absolute atomic E-state index is 12.7. The highest BCUT2D eigenvalue weighted by molar-refractivity contribution is 5.89. The molecule has 0 spiro atoms. The van der Waals surface area contributed by atoms with Gasteiger partial charge >= 0.3 is 0 Å². The molecule has 0 bridgehead atoms. The fourth-order valence-corrected chi connectivity index (χ4v) is 5.14. The molecule has 4 heteroatoms. The molecule has 1 aromatic carbocycles. The maximum Gasteiger partial charge on any atom is 0.224 e. The first-order valence-corrected chi connectivity index (χ1v) is 10.7. The quantitative estimate of drug-likeness (QED) is 0.862. The number of carbonyl (C=O) groups excluding carboxylic acids is 1. The van der Waals surface area contributed by atoms with Crippen LogP contribution in [0.25, 0.3) is 10.9 Å². The van der Waals surface area contributed by atoms with Crippen LogP contribution in [0.3, 0.4) is 0 Å². The van der Waals surface area contributed by atoms with Crippen molar-refractivity contribution in [3.05, 3.63) is 36.0 Å². The van der Waals surface area contributed by atoms with E-state index >= 15 is 0 Å². The van der Waals surface area contributed by atoms with Crippen LogP contribution >= 0.6 is 0 Å². The fourth-order valence-electron chi connectivity index (χ4n) is 5.14. The Morgan fingerprint density at radius 3 is 2.81 bits per heavy atom. The Hall–Kier alpha value is -1.81. The molecule has 2 aliphatic heterocycles. The molecule has 1 aromatic heterocycles. The number of nitrogens with zero attached hydrogens (tertiary/aromatic N) is 2. The average molecular weight is 368 g/mol. The van der Waals surface area contributed by atoms with E-state index in [4.69, 9.17) is 0 Å². The molecular weight excluding hydrogens is 334 g/mol. The molecule has 0 radical (unpaired) electrons. The van der Waals surface area contributed by atoms with Crippen LogP contribution in [0.15, 0.2) is 30.5 Å². The molecule has 2 fully saturated rings. The first-order chi connectivity index (χ1) is 13.1. The van der Waals surface area contributed by atoms with E-state index in [2.05, 4.69) is 59.1 Å². The zero-order chi connectivity index (χ0) is 18.8. The number of fused-ring (bicyclic) bond motifs is 2. The molecule has 2 aromatic rings. The van der Waals surface area contributed by atoms with Crippen molar-refractivity contribution >= 4 is 16.8 Å². The number of hydrogen-bond acceptors (Lipinski definition) is 2. The van der Waals surface area contributed by atoms with Crippen LogP contribution in [-0.2, 0) is 11.2 Å². The lowest BCUT2D eigenvalue weighted by Crippen LogP contribution is -2.51. The zero-order valence-corrected chi connectivity index (χ0v) is 16.8. The fraction of sp³-hybridized carbons (Fsp3) is 0.609. The van der Waals surface area contributed by atoms with Crippen molar-refractivity contribution in [2.75, 3.05) is 19.6 Å². The average Bonchev–Trinajstić information content (AvgIpc) is 3.05. The highest BCUT2D eigenvalue weighted by Gasteiger charge is 2.32. The van der Waals surface area contributed by atoms with Gasteiger partial charge in [0.2, 0.25) is 5.91 Å². The number of benzene rings is 1. The van der Waals surface area contributed by atoms with Crippen molar-refractivity contribution in [2.45, 2.75) is 64.5 Å². The van der Waals surface area contributed by atoms with Crippen molar-refractivity contribution < 1.29 is 4.79 Å². The Labute approximate surface area is 162 Å². The molecule has 2 aliphatic rings. The molecule has 2 atom stereocenters. The first-order valence-electron chi connectivity index (χ1n) is 10.7. The number of para-hydroxylation sites is 1. The molecule has 0 aliphatic carbocycles. The summed E-state index contributed by atoms with van der Waals surface area (Å²) in [5.74, 6) is 0.787. The minimum atomic E-state index is 0.162. The number of nitrogens with one attached hydrogen (secondary N) is 1. The normalized spacial score (nSPS) is 23.5. The van der Waals surface area contributed by atoms with Gasteiger partial charge in [0.15, 0.2) is 0 Å². The van der Waals surface area contributed by atoms with E-state index < -0.39 is 0 Å². The molecular formula is C23H33N3O. The van der Waals surface area contributed by atoms with Crippen LogP contribution < -0.4 is 5.32 Å². The molecule has 1 amide bonds. The predicted molar refractivity (Wildman–Crippen MR) is 111 cm³/mol. The van der Waals surface area contributed by atoms with Gasteiger partial charge in [0, 0.05) is 35.7 Å². The Bertz CT molecular complexity index is 792. The molecule has 146 valence electrons.